The Morgan fingerprint density at radius 1 is 1.24 bits per heavy atom. The Labute approximate surface area is 126 Å². The average molecular weight is 294 g/mol. The van der Waals surface area contributed by atoms with Gasteiger partial charge < -0.3 is 14.5 Å². The quantitative estimate of drug-likeness (QED) is 0.595. The van der Waals surface area contributed by atoms with Crippen LogP contribution in [0.2, 0.25) is 0 Å². The first kappa shape index (κ1) is 15.8. The van der Waals surface area contributed by atoms with Crippen LogP contribution in [-0.2, 0) is 4.74 Å². The summed E-state index contributed by atoms with van der Waals surface area (Å²) in [6.45, 7) is 10.7. The van der Waals surface area contributed by atoms with Crippen LogP contribution in [0.5, 0.6) is 0 Å². The number of likely N-dealkylation sites (tertiary alicyclic amines) is 2. The van der Waals surface area contributed by atoms with E-state index in [0.29, 0.717) is 17.8 Å². The maximum absolute atomic E-state index is 12.1. The minimum Gasteiger partial charge on any atom is -0.444 e. The Hall–Kier alpha value is -1.59. The highest BCUT2D eigenvalue weighted by atomic mass is 16.6. The highest BCUT2D eigenvalue weighted by molar-refractivity contribution is 5.85. The summed E-state index contributed by atoms with van der Waals surface area (Å²) in [5, 5.41) is 7.94. The van der Waals surface area contributed by atoms with Crippen LogP contribution in [0.25, 0.3) is 0 Å². The zero-order chi connectivity index (χ0) is 15.6. The summed E-state index contributed by atoms with van der Waals surface area (Å²) in [5.41, 5.74) is -0.447. The summed E-state index contributed by atoms with van der Waals surface area (Å²) in [7, 11) is 0. The van der Waals surface area contributed by atoms with Crippen LogP contribution in [0.3, 0.4) is 0 Å². The van der Waals surface area contributed by atoms with Gasteiger partial charge in [-0.1, -0.05) is 6.92 Å². The third-order valence-electron chi connectivity index (χ3n) is 3.83. The zero-order valence-electron chi connectivity index (χ0n) is 13.4. The molecule has 118 valence electrons. The van der Waals surface area contributed by atoms with E-state index >= 15 is 0 Å². The third-order valence-corrected chi connectivity index (χ3v) is 3.83. The van der Waals surface area contributed by atoms with Gasteiger partial charge in [0.2, 0.25) is 5.96 Å². The molecule has 2 saturated heterocycles. The van der Waals surface area contributed by atoms with E-state index in [1.54, 1.807) is 11.1 Å². The van der Waals surface area contributed by atoms with Crippen LogP contribution in [0, 0.1) is 17.2 Å². The molecular formula is C15H26N4O2. The van der Waals surface area contributed by atoms with Crippen molar-refractivity contribution in [3.63, 3.8) is 0 Å². The van der Waals surface area contributed by atoms with Gasteiger partial charge in [0, 0.05) is 44.2 Å². The molecule has 0 radical (unpaired) electrons. The van der Waals surface area contributed by atoms with E-state index in [2.05, 4.69) is 4.99 Å². The maximum Gasteiger partial charge on any atom is 0.410 e. The predicted molar refractivity (Wildman–Crippen MR) is 82.9 cm³/mol. The molecule has 6 nitrogen and oxygen atoms in total. The van der Waals surface area contributed by atoms with E-state index in [9.17, 15) is 4.79 Å². The number of ether oxygens (including phenoxy) is 1. The summed E-state index contributed by atoms with van der Waals surface area (Å²) in [6, 6.07) is 0. The Morgan fingerprint density at radius 2 is 1.76 bits per heavy atom. The monoisotopic (exact) mass is 294 g/mol. The summed E-state index contributed by atoms with van der Waals surface area (Å²) >= 11 is 0. The molecule has 21 heavy (non-hydrogen) atoms. The molecule has 0 aromatic rings. The smallest absolute Gasteiger partial charge is 0.410 e. The molecule has 0 bridgehead atoms. The summed E-state index contributed by atoms with van der Waals surface area (Å²) in [4.78, 5) is 20.0. The first-order chi connectivity index (χ1) is 9.80. The number of carbonyl (C=O) groups excluding carboxylic acids is 1. The van der Waals surface area contributed by atoms with Gasteiger partial charge >= 0.3 is 6.09 Å². The van der Waals surface area contributed by atoms with Crippen molar-refractivity contribution >= 4 is 18.3 Å². The Morgan fingerprint density at radius 3 is 2.24 bits per heavy atom. The van der Waals surface area contributed by atoms with E-state index in [0.717, 1.165) is 32.6 Å². The average Bonchev–Trinajstić information content (AvgIpc) is 2.91. The lowest BCUT2D eigenvalue weighted by atomic mass is 10.0. The number of carbonyl (C=O) groups is 1. The SMILES string of the molecule is CC/C=N\C(=N)N1CC2CN(C(=O)OC(C)(C)C)CC2C1. The molecule has 0 aromatic carbocycles. The number of guanidine groups is 1. The molecule has 2 aliphatic heterocycles. The van der Waals surface area contributed by atoms with Gasteiger partial charge in [-0.15, -0.1) is 0 Å². The van der Waals surface area contributed by atoms with Crippen molar-refractivity contribution in [3.8, 4) is 0 Å². The highest BCUT2D eigenvalue weighted by Crippen LogP contribution is 2.32. The minimum absolute atomic E-state index is 0.220. The van der Waals surface area contributed by atoms with Crippen LogP contribution in [-0.4, -0.2) is 59.8 Å². The fourth-order valence-corrected chi connectivity index (χ4v) is 2.90. The number of amides is 1. The maximum atomic E-state index is 12.1. The van der Waals surface area contributed by atoms with E-state index in [-0.39, 0.29) is 6.09 Å². The van der Waals surface area contributed by atoms with E-state index in [1.807, 2.05) is 32.6 Å². The Balaban J connectivity index is 1.86. The van der Waals surface area contributed by atoms with Crippen LogP contribution in [0.1, 0.15) is 34.1 Å². The van der Waals surface area contributed by atoms with E-state index in [1.165, 1.54) is 0 Å². The molecule has 2 rings (SSSR count). The molecule has 2 fully saturated rings. The molecule has 1 N–H and O–H groups in total. The van der Waals surface area contributed by atoms with Crippen molar-refractivity contribution in [1.29, 1.82) is 5.41 Å². The highest BCUT2D eigenvalue weighted by Gasteiger charge is 2.43. The number of fused-ring (bicyclic) bond motifs is 1. The van der Waals surface area contributed by atoms with Gasteiger partial charge in [0.15, 0.2) is 0 Å². The molecule has 0 aromatic heterocycles. The second-order valence-corrected chi connectivity index (χ2v) is 6.85. The molecule has 1 amide bonds. The van der Waals surface area contributed by atoms with Crippen molar-refractivity contribution in [3.05, 3.63) is 0 Å². The van der Waals surface area contributed by atoms with Crippen molar-refractivity contribution in [2.75, 3.05) is 26.2 Å². The minimum atomic E-state index is -0.447. The first-order valence-corrected chi connectivity index (χ1v) is 7.64. The van der Waals surface area contributed by atoms with Gasteiger partial charge in [-0.25, -0.2) is 9.79 Å². The Bertz CT molecular complexity index is 427. The molecule has 0 spiro atoms. The lowest BCUT2D eigenvalue weighted by Crippen LogP contribution is -2.38. The fraction of sp³-hybridized carbons (Fsp3) is 0.800. The summed E-state index contributed by atoms with van der Waals surface area (Å²) < 4.78 is 5.42. The third kappa shape index (κ3) is 3.95. The zero-order valence-corrected chi connectivity index (χ0v) is 13.4. The normalized spacial score (nSPS) is 25.5. The first-order valence-electron chi connectivity index (χ1n) is 7.64. The second kappa shape index (κ2) is 6.03. The summed E-state index contributed by atoms with van der Waals surface area (Å²) in [5.74, 6) is 1.19. The number of hydrogen-bond acceptors (Lipinski definition) is 3. The van der Waals surface area contributed by atoms with E-state index < -0.39 is 5.60 Å². The Kier molecular flexibility index (Phi) is 4.54. The van der Waals surface area contributed by atoms with E-state index in [4.69, 9.17) is 10.1 Å². The molecule has 2 heterocycles. The van der Waals surface area contributed by atoms with Gasteiger partial charge in [0.25, 0.3) is 0 Å². The number of hydrogen-bond donors (Lipinski definition) is 1. The lowest BCUT2D eigenvalue weighted by Gasteiger charge is -2.26. The topological polar surface area (TPSA) is 69.0 Å². The molecule has 0 saturated carbocycles. The van der Waals surface area contributed by atoms with Gasteiger partial charge in [0.1, 0.15) is 5.60 Å². The molecule has 2 unspecified atom stereocenters. The number of nitrogens with zero attached hydrogens (tertiary/aromatic N) is 3. The van der Waals surface area contributed by atoms with Crippen LogP contribution < -0.4 is 0 Å². The fourth-order valence-electron chi connectivity index (χ4n) is 2.90. The lowest BCUT2D eigenvalue weighted by molar-refractivity contribution is 0.0278. The molecule has 0 aliphatic carbocycles. The number of aliphatic imine (C=N–C) groups is 1. The molecule has 2 aliphatic rings. The summed E-state index contributed by atoms with van der Waals surface area (Å²) in [6.07, 6.45) is 2.39. The standard InChI is InChI=1S/C15H26N4O2/c1-5-6-17-13(16)18-7-11-9-19(10-12(11)8-18)14(20)21-15(2,3)4/h6,11-12,16H,5,7-10H2,1-4H3/b16-13?,17-6-. The number of nitrogens with one attached hydrogen (secondary N) is 1. The van der Waals surface area contributed by atoms with Crippen LogP contribution in [0.15, 0.2) is 4.99 Å². The molecule has 2 atom stereocenters. The number of rotatable bonds is 1. The van der Waals surface area contributed by atoms with Crippen LogP contribution >= 0.6 is 0 Å². The van der Waals surface area contributed by atoms with Gasteiger partial charge in [-0.05, 0) is 27.2 Å². The van der Waals surface area contributed by atoms with Crippen molar-refractivity contribution in [2.24, 2.45) is 16.8 Å². The van der Waals surface area contributed by atoms with Crippen molar-refractivity contribution in [1.82, 2.24) is 9.80 Å². The largest absolute Gasteiger partial charge is 0.444 e. The van der Waals surface area contributed by atoms with Crippen molar-refractivity contribution in [2.45, 2.75) is 39.7 Å². The van der Waals surface area contributed by atoms with Crippen molar-refractivity contribution < 1.29 is 9.53 Å². The van der Waals surface area contributed by atoms with Crippen LogP contribution in [0.4, 0.5) is 4.79 Å². The predicted octanol–water partition coefficient (Wildman–Crippen LogP) is 2.20. The van der Waals surface area contributed by atoms with Gasteiger partial charge in [0.05, 0.1) is 0 Å². The van der Waals surface area contributed by atoms with Gasteiger partial charge in [-0.3, -0.25) is 5.41 Å². The molecular weight excluding hydrogens is 268 g/mol. The molecule has 6 heteroatoms. The van der Waals surface area contributed by atoms with Gasteiger partial charge in [-0.2, -0.15) is 0 Å². The second-order valence-electron chi connectivity index (χ2n) is 6.85.